The van der Waals surface area contributed by atoms with Crippen molar-refractivity contribution >= 4 is 27.7 Å². The van der Waals surface area contributed by atoms with E-state index in [0.29, 0.717) is 26.0 Å². The second-order valence-corrected chi connectivity index (χ2v) is 10.5. The zero-order valence-electron chi connectivity index (χ0n) is 22.2. The van der Waals surface area contributed by atoms with Gasteiger partial charge in [0, 0.05) is 51.7 Å². The number of carbonyl (C=O) groups is 1. The van der Waals surface area contributed by atoms with Crippen LogP contribution in [0, 0.1) is 0 Å². The molecule has 0 saturated carbocycles. The van der Waals surface area contributed by atoms with E-state index in [2.05, 4.69) is 34.9 Å². The van der Waals surface area contributed by atoms with Crippen molar-refractivity contribution in [3.8, 4) is 0 Å². The normalized spacial score (nSPS) is 16.8. The number of ether oxygens (including phenoxy) is 1. The van der Waals surface area contributed by atoms with Gasteiger partial charge in [0.15, 0.2) is 0 Å². The van der Waals surface area contributed by atoms with Gasteiger partial charge in [-0.15, -0.1) is 0 Å². The monoisotopic (exact) mass is 514 g/mol. The third-order valence-corrected chi connectivity index (χ3v) is 7.64. The van der Waals surface area contributed by atoms with E-state index in [0.717, 1.165) is 60.3 Å². The number of amides is 1. The highest BCUT2D eigenvalue weighted by molar-refractivity contribution is 5.83. The number of benzene rings is 3. The average molecular weight is 515 g/mol. The van der Waals surface area contributed by atoms with Crippen LogP contribution in [0.2, 0.25) is 0 Å². The number of aryl methyl sites for hydroxylation is 1. The number of aromatic nitrogens is 2. The molecule has 1 unspecified atom stereocenters. The molecule has 1 fully saturated rings. The molecule has 5 rings (SSSR count). The summed E-state index contributed by atoms with van der Waals surface area (Å²) in [5.41, 5.74) is 10.5. The molecule has 3 N–H and O–H groups in total. The number of methoxy groups -OCH3 is 1. The predicted molar refractivity (Wildman–Crippen MR) is 151 cm³/mol. The lowest BCUT2D eigenvalue weighted by molar-refractivity contribution is -0.132. The summed E-state index contributed by atoms with van der Waals surface area (Å²) in [6, 6.07) is 20.4. The summed E-state index contributed by atoms with van der Waals surface area (Å²) >= 11 is 0. The Hall–Kier alpha value is -3.26. The summed E-state index contributed by atoms with van der Waals surface area (Å²) in [6.45, 7) is 2.87. The molecular weight excluding hydrogens is 476 g/mol. The summed E-state index contributed by atoms with van der Waals surface area (Å²) < 4.78 is 7.55. The van der Waals surface area contributed by atoms with E-state index in [1.54, 1.807) is 7.11 Å². The van der Waals surface area contributed by atoms with Crippen LogP contribution in [-0.2, 0) is 29.1 Å². The molecule has 0 spiro atoms. The first-order chi connectivity index (χ1) is 18.6. The molecule has 3 aromatic carbocycles. The Morgan fingerprint density at radius 2 is 1.95 bits per heavy atom. The Labute approximate surface area is 224 Å². The largest absolute Gasteiger partial charge is 0.392 e. The van der Waals surface area contributed by atoms with Gasteiger partial charge in [-0.3, -0.25) is 4.79 Å². The molecule has 0 aliphatic carbocycles. The van der Waals surface area contributed by atoms with Crippen molar-refractivity contribution in [3.63, 3.8) is 0 Å². The Kier molecular flexibility index (Phi) is 8.37. The van der Waals surface area contributed by atoms with Crippen LogP contribution in [-0.4, -0.2) is 58.3 Å². The van der Waals surface area contributed by atoms with Crippen molar-refractivity contribution in [2.45, 2.75) is 57.2 Å². The quantitative estimate of drug-likeness (QED) is 0.306. The number of carbonyl (C=O) groups excluding carboxylic acids is 1. The van der Waals surface area contributed by atoms with Crippen molar-refractivity contribution < 1.29 is 14.6 Å². The molecule has 0 bridgehead atoms. The molecule has 1 amide bonds. The van der Waals surface area contributed by atoms with Crippen LogP contribution in [0.25, 0.3) is 21.8 Å². The number of fused-ring (bicyclic) bond motifs is 2. The zero-order chi connectivity index (χ0) is 26.5. The van der Waals surface area contributed by atoms with Crippen LogP contribution >= 0.6 is 0 Å². The number of rotatable bonds is 10. The van der Waals surface area contributed by atoms with E-state index in [-0.39, 0.29) is 24.5 Å². The van der Waals surface area contributed by atoms with Crippen LogP contribution < -0.4 is 5.73 Å². The van der Waals surface area contributed by atoms with E-state index < -0.39 is 0 Å². The highest BCUT2D eigenvalue weighted by Gasteiger charge is 2.29. The number of nitrogens with two attached hydrogens (primary N) is 1. The fraction of sp³-hybridized carbons (Fsp3) is 0.419. The van der Waals surface area contributed by atoms with Crippen molar-refractivity contribution in [1.82, 2.24) is 14.5 Å². The number of likely N-dealkylation sites (tertiary alicyclic amines) is 1. The van der Waals surface area contributed by atoms with Gasteiger partial charge in [-0.05, 0) is 59.7 Å². The molecule has 1 aromatic heterocycles. The number of nitrogens with zero attached hydrogens (tertiary/aromatic N) is 3. The second kappa shape index (κ2) is 12.1. The maximum absolute atomic E-state index is 13.3. The number of hydrogen-bond acceptors (Lipinski definition) is 5. The number of hydrogen-bond donors (Lipinski definition) is 2. The smallest absolute Gasteiger partial charge is 0.224 e. The number of aliphatic hydroxyl groups excluding tert-OH is 1. The first-order valence-electron chi connectivity index (χ1n) is 13.7. The number of aliphatic hydroxyl groups is 1. The Balaban J connectivity index is 1.28. The van der Waals surface area contributed by atoms with E-state index in [4.69, 9.17) is 15.5 Å². The van der Waals surface area contributed by atoms with E-state index in [1.165, 1.54) is 10.8 Å². The molecule has 2 atom stereocenters. The molecule has 1 saturated heterocycles. The Morgan fingerprint density at radius 1 is 1.13 bits per heavy atom. The van der Waals surface area contributed by atoms with Crippen LogP contribution in [0.5, 0.6) is 0 Å². The summed E-state index contributed by atoms with van der Waals surface area (Å²) in [5, 5.41) is 12.1. The molecular formula is C31H38N4O3. The third-order valence-electron chi connectivity index (χ3n) is 7.64. The van der Waals surface area contributed by atoms with Crippen molar-refractivity contribution in [3.05, 3.63) is 77.6 Å². The maximum atomic E-state index is 13.3. The van der Waals surface area contributed by atoms with Crippen molar-refractivity contribution in [2.24, 2.45) is 5.73 Å². The molecule has 1 aliphatic heterocycles. The van der Waals surface area contributed by atoms with Gasteiger partial charge in [-0.25, -0.2) is 4.98 Å². The minimum Gasteiger partial charge on any atom is -0.392 e. The summed E-state index contributed by atoms with van der Waals surface area (Å²) in [4.78, 5) is 20.3. The minimum absolute atomic E-state index is 0.000304. The first kappa shape index (κ1) is 26.4. The molecule has 1 aliphatic rings. The van der Waals surface area contributed by atoms with Crippen LogP contribution in [0.1, 0.15) is 48.6 Å². The highest BCUT2D eigenvalue weighted by atomic mass is 16.5. The highest BCUT2D eigenvalue weighted by Crippen LogP contribution is 2.30. The lowest BCUT2D eigenvalue weighted by atomic mass is 9.95. The van der Waals surface area contributed by atoms with Gasteiger partial charge in [0.1, 0.15) is 5.82 Å². The summed E-state index contributed by atoms with van der Waals surface area (Å²) in [5.74, 6) is 1.30. The average Bonchev–Trinajstić information content (AvgIpc) is 3.30. The van der Waals surface area contributed by atoms with Crippen LogP contribution in [0.15, 0.2) is 60.7 Å². The Bertz CT molecular complexity index is 1400. The fourth-order valence-corrected chi connectivity index (χ4v) is 5.71. The van der Waals surface area contributed by atoms with E-state index >= 15 is 0 Å². The Morgan fingerprint density at radius 3 is 2.76 bits per heavy atom. The van der Waals surface area contributed by atoms with Crippen LogP contribution in [0.4, 0.5) is 0 Å². The molecule has 7 heteroatoms. The lowest BCUT2D eigenvalue weighted by Gasteiger charge is -2.33. The summed E-state index contributed by atoms with van der Waals surface area (Å²) in [7, 11) is 1.71. The van der Waals surface area contributed by atoms with Gasteiger partial charge in [0.05, 0.1) is 17.6 Å². The predicted octanol–water partition coefficient (Wildman–Crippen LogP) is 4.38. The number of piperidine rings is 1. The van der Waals surface area contributed by atoms with Crippen molar-refractivity contribution in [2.75, 3.05) is 26.8 Å². The fourth-order valence-electron chi connectivity index (χ4n) is 5.71. The molecule has 4 aromatic rings. The van der Waals surface area contributed by atoms with Gasteiger partial charge in [0.2, 0.25) is 5.91 Å². The van der Waals surface area contributed by atoms with Gasteiger partial charge in [-0.1, -0.05) is 48.5 Å². The molecule has 200 valence electrons. The van der Waals surface area contributed by atoms with Gasteiger partial charge in [-0.2, -0.15) is 0 Å². The molecule has 38 heavy (non-hydrogen) atoms. The topological polar surface area (TPSA) is 93.6 Å². The second-order valence-electron chi connectivity index (χ2n) is 10.5. The maximum Gasteiger partial charge on any atom is 0.224 e. The molecule has 7 nitrogen and oxygen atoms in total. The van der Waals surface area contributed by atoms with Gasteiger partial charge >= 0.3 is 0 Å². The zero-order valence-corrected chi connectivity index (χ0v) is 22.2. The van der Waals surface area contributed by atoms with E-state index in [1.807, 2.05) is 35.2 Å². The minimum atomic E-state index is -0.223. The van der Waals surface area contributed by atoms with Crippen molar-refractivity contribution in [1.29, 1.82) is 0 Å². The third kappa shape index (κ3) is 5.90. The lowest BCUT2D eigenvalue weighted by Crippen LogP contribution is -2.42. The number of imidazole rings is 1. The first-order valence-corrected chi connectivity index (χ1v) is 13.7. The molecule has 0 radical (unpaired) electrons. The van der Waals surface area contributed by atoms with Gasteiger partial charge < -0.3 is 25.0 Å². The standard InChI is InChI=1S/C31H38N4O3/c1-38-15-5-14-35-29-18-23(21-36)10-12-28(29)33-31(35)26-8-4-13-34(20-26)30(37)19-27(32)17-22-9-11-24-6-2-3-7-25(24)16-22/h2-3,6-7,9-12,16,18,26-27,36H,4-5,8,13-15,17,19-21,32H2,1H3/t26?,27-/m1/s1. The SMILES string of the molecule is COCCCn1c(C2CCCN(C(=O)C[C@H](N)Cc3ccc4ccccc4c3)C2)nc2ccc(CO)cc21. The summed E-state index contributed by atoms with van der Waals surface area (Å²) in [6.07, 6.45) is 3.82. The van der Waals surface area contributed by atoms with E-state index in [9.17, 15) is 9.90 Å². The molecule has 2 heterocycles. The van der Waals surface area contributed by atoms with Crippen LogP contribution in [0.3, 0.4) is 0 Å². The van der Waals surface area contributed by atoms with Gasteiger partial charge in [0.25, 0.3) is 0 Å².